The van der Waals surface area contributed by atoms with E-state index in [1.54, 1.807) is 6.21 Å². The summed E-state index contributed by atoms with van der Waals surface area (Å²) in [6.07, 6.45) is 1.29. The van der Waals surface area contributed by atoms with Gasteiger partial charge in [-0.05, 0) is 22.9 Å². The average Bonchev–Trinajstić information content (AvgIpc) is 3.12. The Hall–Kier alpha value is -3.36. The first-order valence-electron chi connectivity index (χ1n) is 9.69. The lowest BCUT2D eigenvalue weighted by Gasteiger charge is -2.12. The predicted molar refractivity (Wildman–Crippen MR) is 127 cm³/mol. The maximum atomic E-state index is 11.9. The third-order valence-electron chi connectivity index (χ3n) is 4.74. The van der Waals surface area contributed by atoms with Crippen LogP contribution in [0.1, 0.15) is 17.5 Å². The summed E-state index contributed by atoms with van der Waals surface area (Å²) in [6.45, 7) is 0.288. The fourth-order valence-corrected chi connectivity index (χ4v) is 4.30. The van der Waals surface area contributed by atoms with Gasteiger partial charge in [-0.2, -0.15) is 5.10 Å². The molecule has 0 bridgehead atoms. The number of ether oxygens (including phenoxy) is 1. The van der Waals surface area contributed by atoms with Crippen molar-refractivity contribution in [3.8, 4) is 5.75 Å². The van der Waals surface area contributed by atoms with Crippen molar-refractivity contribution in [2.24, 2.45) is 10.2 Å². The molecule has 3 aromatic rings. The highest BCUT2D eigenvalue weighted by Gasteiger charge is 2.32. The van der Waals surface area contributed by atoms with Gasteiger partial charge in [0.15, 0.2) is 5.17 Å². The molecule has 1 amide bonds. The molecule has 1 aliphatic heterocycles. The molecule has 162 valence electrons. The summed E-state index contributed by atoms with van der Waals surface area (Å²) in [4.78, 5) is 22.7. The van der Waals surface area contributed by atoms with E-state index in [0.717, 1.165) is 33.7 Å². The zero-order chi connectivity index (χ0) is 22.5. The van der Waals surface area contributed by atoms with Gasteiger partial charge < -0.3 is 15.2 Å². The molecule has 0 spiro atoms. The van der Waals surface area contributed by atoms with Gasteiger partial charge in [-0.3, -0.25) is 9.59 Å². The van der Waals surface area contributed by atoms with E-state index < -0.39 is 11.2 Å². The van der Waals surface area contributed by atoms with Gasteiger partial charge >= 0.3 is 5.97 Å². The molecular formula is C23H18ClN3O4S. The molecule has 32 heavy (non-hydrogen) atoms. The second-order valence-corrected chi connectivity index (χ2v) is 8.52. The second-order valence-electron chi connectivity index (χ2n) is 6.92. The van der Waals surface area contributed by atoms with Gasteiger partial charge in [0.05, 0.1) is 12.6 Å². The van der Waals surface area contributed by atoms with E-state index in [0.29, 0.717) is 10.8 Å². The van der Waals surface area contributed by atoms with Crippen LogP contribution in [0.25, 0.3) is 10.8 Å². The van der Waals surface area contributed by atoms with Crippen molar-refractivity contribution in [3.05, 3.63) is 76.8 Å². The van der Waals surface area contributed by atoms with Crippen molar-refractivity contribution < 1.29 is 19.4 Å². The van der Waals surface area contributed by atoms with Crippen LogP contribution in [0, 0.1) is 0 Å². The molecule has 1 atom stereocenters. The number of benzene rings is 3. The number of fused-ring (bicyclic) bond motifs is 1. The summed E-state index contributed by atoms with van der Waals surface area (Å²) < 4.78 is 6.05. The van der Waals surface area contributed by atoms with Crippen LogP contribution in [0.15, 0.2) is 70.9 Å². The van der Waals surface area contributed by atoms with Gasteiger partial charge in [0.1, 0.15) is 17.6 Å². The minimum absolute atomic E-state index is 0.260. The summed E-state index contributed by atoms with van der Waals surface area (Å²) >= 11 is 7.29. The van der Waals surface area contributed by atoms with E-state index in [1.165, 1.54) is 0 Å². The molecule has 0 aromatic heterocycles. The first-order valence-corrected chi connectivity index (χ1v) is 11.0. The van der Waals surface area contributed by atoms with Gasteiger partial charge in [0, 0.05) is 16.1 Å². The van der Waals surface area contributed by atoms with Gasteiger partial charge in [-0.25, -0.2) is 0 Å². The van der Waals surface area contributed by atoms with Crippen LogP contribution in [0.5, 0.6) is 5.75 Å². The van der Waals surface area contributed by atoms with E-state index in [1.807, 2.05) is 60.7 Å². The first-order chi connectivity index (χ1) is 15.5. The second kappa shape index (κ2) is 9.84. The minimum Gasteiger partial charge on any atom is -0.488 e. The molecule has 0 aliphatic carbocycles. The smallest absolute Gasteiger partial charge is 0.305 e. The monoisotopic (exact) mass is 467 g/mol. The Morgan fingerprint density at radius 3 is 2.75 bits per heavy atom. The number of hydrogen-bond donors (Lipinski definition) is 2. The number of amidine groups is 1. The zero-order valence-corrected chi connectivity index (χ0v) is 18.3. The number of carbonyl (C=O) groups is 2. The summed E-state index contributed by atoms with van der Waals surface area (Å²) in [5.74, 6) is -0.821. The Balaban J connectivity index is 1.59. The number of carboxylic acids is 1. The lowest BCUT2D eigenvalue weighted by Crippen LogP contribution is -2.26. The third-order valence-corrected chi connectivity index (χ3v) is 6.18. The number of halogens is 1. The highest BCUT2D eigenvalue weighted by Crippen LogP contribution is 2.28. The van der Waals surface area contributed by atoms with Crippen LogP contribution in [0.3, 0.4) is 0 Å². The number of amides is 1. The van der Waals surface area contributed by atoms with Crippen LogP contribution in [0.2, 0.25) is 5.02 Å². The molecule has 2 N–H and O–H groups in total. The van der Waals surface area contributed by atoms with Gasteiger partial charge in [0.25, 0.3) is 0 Å². The van der Waals surface area contributed by atoms with Crippen molar-refractivity contribution in [1.82, 2.24) is 5.32 Å². The van der Waals surface area contributed by atoms with Gasteiger partial charge in [-0.1, -0.05) is 71.9 Å². The van der Waals surface area contributed by atoms with Crippen molar-refractivity contribution in [2.45, 2.75) is 18.3 Å². The standard InChI is InChI=1S/C23H18ClN3O4S/c24-18-8-4-2-6-15(18)13-31-19-10-9-14-5-1-3-7-16(14)17(19)12-25-27-23-26-22(30)20(32-23)11-21(28)29/h1-10,12,20H,11,13H2,(H,28,29)(H,26,27,30). The molecule has 4 rings (SSSR count). The number of nitrogens with zero attached hydrogens (tertiary/aromatic N) is 2. The molecule has 0 radical (unpaired) electrons. The Kier molecular flexibility index (Phi) is 6.72. The van der Waals surface area contributed by atoms with Crippen molar-refractivity contribution in [3.63, 3.8) is 0 Å². The Labute approximate surface area is 193 Å². The van der Waals surface area contributed by atoms with Crippen LogP contribution in [-0.4, -0.2) is 33.6 Å². The van der Waals surface area contributed by atoms with Crippen molar-refractivity contribution >= 4 is 57.4 Å². The molecule has 9 heteroatoms. The Morgan fingerprint density at radius 1 is 1.16 bits per heavy atom. The van der Waals surface area contributed by atoms with Crippen molar-refractivity contribution in [2.75, 3.05) is 0 Å². The number of carbonyl (C=O) groups excluding carboxylic acids is 1. The number of thioether (sulfide) groups is 1. The lowest BCUT2D eigenvalue weighted by atomic mass is 10.0. The van der Waals surface area contributed by atoms with E-state index in [2.05, 4.69) is 15.5 Å². The summed E-state index contributed by atoms with van der Waals surface area (Å²) in [6, 6.07) is 19.1. The number of aliphatic carboxylic acids is 1. The normalized spacial score (nSPS) is 17.2. The van der Waals surface area contributed by atoms with E-state index in [9.17, 15) is 9.59 Å². The maximum absolute atomic E-state index is 11.9. The molecular weight excluding hydrogens is 450 g/mol. The van der Waals surface area contributed by atoms with Gasteiger partial charge in [0.2, 0.25) is 5.91 Å². The van der Waals surface area contributed by atoms with Gasteiger partial charge in [-0.15, -0.1) is 5.10 Å². The van der Waals surface area contributed by atoms with E-state index in [4.69, 9.17) is 21.4 Å². The molecule has 1 aliphatic rings. The van der Waals surface area contributed by atoms with Crippen LogP contribution in [-0.2, 0) is 16.2 Å². The maximum Gasteiger partial charge on any atom is 0.305 e. The lowest BCUT2D eigenvalue weighted by molar-refractivity contribution is -0.138. The molecule has 1 heterocycles. The number of hydrogen-bond acceptors (Lipinski definition) is 6. The minimum atomic E-state index is -1.04. The van der Waals surface area contributed by atoms with Crippen LogP contribution in [0.4, 0.5) is 0 Å². The number of carboxylic acid groups (broad SMARTS) is 1. The van der Waals surface area contributed by atoms with Crippen LogP contribution < -0.4 is 10.1 Å². The topological polar surface area (TPSA) is 100 Å². The molecule has 1 saturated heterocycles. The fourth-order valence-electron chi connectivity index (χ4n) is 3.19. The number of rotatable bonds is 7. The highest BCUT2D eigenvalue weighted by molar-refractivity contribution is 8.15. The van der Waals surface area contributed by atoms with Crippen molar-refractivity contribution in [1.29, 1.82) is 0 Å². The largest absolute Gasteiger partial charge is 0.488 e. The quantitative estimate of drug-likeness (QED) is 0.394. The Bertz CT molecular complexity index is 1240. The van der Waals surface area contributed by atoms with E-state index in [-0.39, 0.29) is 24.1 Å². The summed E-state index contributed by atoms with van der Waals surface area (Å²) in [5.41, 5.74) is 1.59. The zero-order valence-electron chi connectivity index (χ0n) is 16.7. The van der Waals surface area contributed by atoms with Crippen LogP contribution >= 0.6 is 23.4 Å². The predicted octanol–water partition coefficient (Wildman–Crippen LogP) is 4.47. The summed E-state index contributed by atoms with van der Waals surface area (Å²) in [7, 11) is 0. The molecule has 3 aromatic carbocycles. The average molecular weight is 468 g/mol. The number of nitrogens with one attached hydrogen (secondary N) is 1. The fraction of sp³-hybridized carbons (Fsp3) is 0.130. The summed E-state index contributed by atoms with van der Waals surface area (Å²) in [5, 5.41) is 21.7. The third kappa shape index (κ3) is 5.09. The molecule has 0 saturated carbocycles. The molecule has 1 unspecified atom stereocenters. The Morgan fingerprint density at radius 2 is 1.94 bits per heavy atom. The molecule has 7 nitrogen and oxygen atoms in total. The first kappa shape index (κ1) is 21.9. The SMILES string of the molecule is O=C(O)CC1S/C(=N/N=Cc2c(OCc3ccccc3Cl)ccc3ccccc23)NC1=O. The van der Waals surface area contributed by atoms with E-state index >= 15 is 0 Å². The highest BCUT2D eigenvalue weighted by atomic mass is 35.5. The molecule has 1 fully saturated rings.